The number of carbonyl (C=O) groups excluding carboxylic acids is 2. The number of amides is 2. The van der Waals surface area contributed by atoms with Crippen LogP contribution in [0.15, 0.2) is 40.9 Å². The van der Waals surface area contributed by atoms with Gasteiger partial charge in [0.1, 0.15) is 17.8 Å². The summed E-state index contributed by atoms with van der Waals surface area (Å²) in [5.41, 5.74) is 3.24. The van der Waals surface area contributed by atoms with Gasteiger partial charge < -0.3 is 19.9 Å². The van der Waals surface area contributed by atoms with E-state index >= 15 is 0 Å². The van der Waals surface area contributed by atoms with Crippen LogP contribution in [0.4, 0.5) is 11.4 Å². The summed E-state index contributed by atoms with van der Waals surface area (Å²) in [6.45, 7) is 6.74. The van der Waals surface area contributed by atoms with Crippen LogP contribution in [-0.2, 0) is 19.7 Å². The van der Waals surface area contributed by atoms with Crippen LogP contribution in [0.1, 0.15) is 25.2 Å². The summed E-state index contributed by atoms with van der Waals surface area (Å²) in [5.74, 6) is 0.370. The lowest BCUT2D eigenvalue weighted by atomic mass is 9.91. The standard InChI is InChI=1S/C22H23BrN4O3/c1-13-10-15(5-7-18(13)27-8-9-30-12-19(27)28)24-21(29)22(2,3)20-25-16-6-4-14(23)11-17(16)26-20/h4-7,10-11H,8-9,12H2,1-3H3,(H,24,29)(H,25,26). The summed E-state index contributed by atoms with van der Waals surface area (Å²) in [6, 6.07) is 11.3. The highest BCUT2D eigenvalue weighted by Gasteiger charge is 2.33. The van der Waals surface area contributed by atoms with Crippen molar-refractivity contribution in [2.75, 3.05) is 30.0 Å². The van der Waals surface area contributed by atoms with Gasteiger partial charge in [0, 0.05) is 22.4 Å². The number of hydrogen-bond acceptors (Lipinski definition) is 4. The highest BCUT2D eigenvalue weighted by atomic mass is 79.9. The molecule has 0 radical (unpaired) electrons. The van der Waals surface area contributed by atoms with E-state index in [1.807, 2.05) is 57.2 Å². The number of aromatic amines is 1. The Kier molecular flexibility index (Phi) is 5.38. The third-order valence-electron chi connectivity index (χ3n) is 5.33. The summed E-state index contributed by atoms with van der Waals surface area (Å²) < 4.78 is 6.14. The van der Waals surface area contributed by atoms with Crippen molar-refractivity contribution in [3.05, 3.63) is 52.3 Å². The third-order valence-corrected chi connectivity index (χ3v) is 5.83. The van der Waals surface area contributed by atoms with Crippen molar-refractivity contribution >= 4 is 50.2 Å². The molecule has 0 atom stereocenters. The second-order valence-electron chi connectivity index (χ2n) is 7.93. The SMILES string of the molecule is Cc1cc(NC(=O)C(C)(C)c2nc3ccc(Br)cc3[nH]2)ccc1N1CCOCC1=O. The summed E-state index contributed by atoms with van der Waals surface area (Å²) in [6.07, 6.45) is 0. The van der Waals surface area contributed by atoms with Gasteiger partial charge in [0.2, 0.25) is 5.91 Å². The van der Waals surface area contributed by atoms with Crippen LogP contribution in [0.5, 0.6) is 0 Å². The maximum absolute atomic E-state index is 13.1. The van der Waals surface area contributed by atoms with Crippen LogP contribution in [0.2, 0.25) is 0 Å². The number of ether oxygens (including phenoxy) is 1. The fourth-order valence-electron chi connectivity index (χ4n) is 3.48. The maximum Gasteiger partial charge on any atom is 0.253 e. The zero-order valence-electron chi connectivity index (χ0n) is 17.1. The first-order valence-electron chi connectivity index (χ1n) is 9.71. The number of benzene rings is 2. The molecule has 3 aromatic rings. The zero-order valence-corrected chi connectivity index (χ0v) is 18.7. The second-order valence-corrected chi connectivity index (χ2v) is 8.84. The first kappa shape index (κ1) is 20.6. The van der Waals surface area contributed by atoms with E-state index < -0.39 is 5.41 Å². The number of aryl methyl sites for hydroxylation is 1. The summed E-state index contributed by atoms with van der Waals surface area (Å²) in [5, 5.41) is 2.98. The van der Waals surface area contributed by atoms with Gasteiger partial charge in [0.05, 0.1) is 17.6 Å². The molecule has 7 nitrogen and oxygen atoms in total. The lowest BCUT2D eigenvalue weighted by Gasteiger charge is -2.28. The fraction of sp³-hybridized carbons (Fsp3) is 0.318. The van der Waals surface area contributed by atoms with Gasteiger partial charge >= 0.3 is 0 Å². The van der Waals surface area contributed by atoms with Crippen molar-refractivity contribution in [1.82, 2.24) is 9.97 Å². The quantitative estimate of drug-likeness (QED) is 0.604. The minimum atomic E-state index is -0.863. The van der Waals surface area contributed by atoms with E-state index in [9.17, 15) is 9.59 Å². The average Bonchev–Trinajstić information content (AvgIpc) is 3.13. The Bertz CT molecular complexity index is 1140. The molecule has 2 aromatic carbocycles. The molecule has 0 spiro atoms. The van der Waals surface area contributed by atoms with Crippen molar-refractivity contribution in [2.24, 2.45) is 0 Å². The van der Waals surface area contributed by atoms with Gasteiger partial charge in [-0.15, -0.1) is 0 Å². The molecule has 1 fully saturated rings. The van der Waals surface area contributed by atoms with E-state index in [0.717, 1.165) is 26.8 Å². The van der Waals surface area contributed by atoms with Gasteiger partial charge in [-0.2, -0.15) is 0 Å². The Morgan fingerprint density at radius 3 is 2.80 bits per heavy atom. The molecule has 2 N–H and O–H groups in total. The topological polar surface area (TPSA) is 87.3 Å². The molecule has 0 bridgehead atoms. The molecule has 1 aromatic heterocycles. The maximum atomic E-state index is 13.1. The summed E-state index contributed by atoms with van der Waals surface area (Å²) in [7, 11) is 0. The first-order valence-corrected chi connectivity index (χ1v) is 10.5. The predicted octanol–water partition coefficient (Wildman–Crippen LogP) is 3.91. The van der Waals surface area contributed by atoms with Crippen LogP contribution >= 0.6 is 15.9 Å². The van der Waals surface area contributed by atoms with Gasteiger partial charge in [0.25, 0.3) is 5.91 Å². The highest BCUT2D eigenvalue weighted by molar-refractivity contribution is 9.10. The molecule has 2 heterocycles. The molecule has 30 heavy (non-hydrogen) atoms. The minimum Gasteiger partial charge on any atom is -0.370 e. The Morgan fingerprint density at radius 1 is 1.27 bits per heavy atom. The van der Waals surface area contributed by atoms with Gasteiger partial charge in [-0.25, -0.2) is 4.98 Å². The number of aromatic nitrogens is 2. The van der Waals surface area contributed by atoms with E-state index in [2.05, 4.69) is 31.2 Å². The molecule has 1 aliphatic rings. The van der Waals surface area contributed by atoms with Gasteiger partial charge in [-0.05, 0) is 62.7 Å². The molecule has 8 heteroatoms. The number of imidazole rings is 1. The number of fused-ring (bicyclic) bond motifs is 1. The predicted molar refractivity (Wildman–Crippen MR) is 120 cm³/mol. The largest absolute Gasteiger partial charge is 0.370 e. The summed E-state index contributed by atoms with van der Waals surface area (Å²) >= 11 is 3.45. The lowest BCUT2D eigenvalue weighted by Crippen LogP contribution is -2.42. The lowest BCUT2D eigenvalue weighted by molar-refractivity contribution is -0.125. The van der Waals surface area contributed by atoms with E-state index in [4.69, 9.17) is 4.74 Å². The Labute approximate surface area is 182 Å². The molecule has 0 unspecified atom stereocenters. The Morgan fingerprint density at radius 2 is 2.07 bits per heavy atom. The monoisotopic (exact) mass is 470 g/mol. The zero-order chi connectivity index (χ0) is 21.5. The van der Waals surface area contributed by atoms with E-state index in [1.165, 1.54) is 0 Å². The van der Waals surface area contributed by atoms with Crippen molar-refractivity contribution in [1.29, 1.82) is 0 Å². The molecule has 4 rings (SSSR count). The molecular weight excluding hydrogens is 448 g/mol. The molecule has 156 valence electrons. The number of halogens is 1. The van der Waals surface area contributed by atoms with Crippen molar-refractivity contribution < 1.29 is 14.3 Å². The number of H-pyrrole nitrogens is 1. The number of morpholine rings is 1. The molecule has 0 saturated carbocycles. The molecule has 2 amide bonds. The average molecular weight is 471 g/mol. The molecule has 0 aliphatic carbocycles. The highest BCUT2D eigenvalue weighted by Crippen LogP contribution is 2.29. The van der Waals surface area contributed by atoms with Crippen molar-refractivity contribution in [2.45, 2.75) is 26.2 Å². The number of anilines is 2. The number of carbonyl (C=O) groups is 2. The van der Waals surface area contributed by atoms with Crippen molar-refractivity contribution in [3.63, 3.8) is 0 Å². The molecular formula is C22H23BrN4O3. The van der Waals surface area contributed by atoms with E-state index in [-0.39, 0.29) is 18.4 Å². The normalized spacial score (nSPS) is 14.9. The minimum absolute atomic E-state index is 0.0567. The van der Waals surface area contributed by atoms with Gasteiger partial charge in [-0.1, -0.05) is 15.9 Å². The van der Waals surface area contributed by atoms with Crippen LogP contribution in [0.3, 0.4) is 0 Å². The Balaban J connectivity index is 1.54. The summed E-state index contributed by atoms with van der Waals surface area (Å²) in [4.78, 5) is 34.8. The van der Waals surface area contributed by atoms with Crippen LogP contribution in [0, 0.1) is 6.92 Å². The molecule has 1 aliphatic heterocycles. The number of nitrogens with one attached hydrogen (secondary N) is 2. The molecule has 1 saturated heterocycles. The van der Waals surface area contributed by atoms with Crippen LogP contribution in [-0.4, -0.2) is 41.5 Å². The second kappa shape index (κ2) is 7.85. The van der Waals surface area contributed by atoms with Crippen molar-refractivity contribution in [3.8, 4) is 0 Å². The number of rotatable bonds is 4. The fourth-order valence-corrected chi connectivity index (χ4v) is 3.84. The smallest absolute Gasteiger partial charge is 0.253 e. The van der Waals surface area contributed by atoms with E-state index in [1.54, 1.807) is 4.90 Å². The van der Waals surface area contributed by atoms with Crippen LogP contribution < -0.4 is 10.2 Å². The van der Waals surface area contributed by atoms with Gasteiger partial charge in [0.15, 0.2) is 0 Å². The number of nitrogens with zero attached hydrogens (tertiary/aromatic N) is 2. The third kappa shape index (κ3) is 3.85. The van der Waals surface area contributed by atoms with E-state index in [0.29, 0.717) is 24.7 Å². The van der Waals surface area contributed by atoms with Crippen LogP contribution in [0.25, 0.3) is 11.0 Å². The van der Waals surface area contributed by atoms with Gasteiger partial charge in [-0.3, -0.25) is 9.59 Å². The Hall–Kier alpha value is -2.71. The number of hydrogen-bond donors (Lipinski definition) is 2. The first-order chi connectivity index (χ1) is 14.3.